The number of carbonyl (C=O) groups excluding carboxylic acids is 2. The van der Waals surface area contributed by atoms with Crippen LogP contribution in [0.4, 0.5) is 0 Å². The molecule has 0 amide bonds. The van der Waals surface area contributed by atoms with E-state index in [0.29, 0.717) is 0 Å². The highest BCUT2D eigenvalue weighted by molar-refractivity contribution is 5.82. The van der Waals surface area contributed by atoms with Gasteiger partial charge in [-0.15, -0.1) is 0 Å². The van der Waals surface area contributed by atoms with E-state index in [-0.39, 0.29) is 17.7 Å². The molecule has 0 aromatic heterocycles. The highest BCUT2D eigenvalue weighted by Gasteiger charge is 2.22. The minimum atomic E-state index is -0.317. The number of hydrogen-bond acceptors (Lipinski definition) is 3. The molecule has 70 valence electrons. The largest absolute Gasteiger partial charge is 0.310 e. The Morgan fingerprint density at radius 3 is 2.42 bits per heavy atom. The molecular formula is C9H17NO2. The van der Waals surface area contributed by atoms with Gasteiger partial charge in [-0.3, -0.25) is 4.79 Å². The fraction of sp³-hybridized carbons (Fsp3) is 0.778. The summed E-state index contributed by atoms with van der Waals surface area (Å²) in [6.45, 7) is 3.54. The van der Waals surface area contributed by atoms with Gasteiger partial charge in [0.1, 0.15) is 12.1 Å². The summed E-state index contributed by atoms with van der Waals surface area (Å²) in [5.74, 6) is -0.0687. The smallest absolute Gasteiger partial charge is 0.137 e. The normalized spacial score (nSPS) is 15.2. The van der Waals surface area contributed by atoms with Crippen molar-refractivity contribution in [2.45, 2.75) is 32.7 Å². The molecule has 0 fully saturated rings. The summed E-state index contributed by atoms with van der Waals surface area (Å²) in [6, 6.07) is -0.317. The first-order valence-electron chi connectivity index (χ1n) is 4.30. The number of likely N-dealkylation sites (N-methyl/N-ethyl adjacent to an activating group) is 1. The second-order valence-electron chi connectivity index (χ2n) is 2.96. The molecule has 0 aliphatic carbocycles. The molecule has 0 aliphatic rings. The Morgan fingerprint density at radius 2 is 2.17 bits per heavy atom. The van der Waals surface area contributed by atoms with Crippen LogP contribution in [0.5, 0.6) is 0 Å². The zero-order valence-corrected chi connectivity index (χ0v) is 7.96. The number of hydrogen-bond donors (Lipinski definition) is 1. The van der Waals surface area contributed by atoms with Crippen molar-refractivity contribution >= 4 is 12.1 Å². The number of nitrogens with one attached hydrogen (secondary N) is 1. The zero-order chi connectivity index (χ0) is 9.56. The van der Waals surface area contributed by atoms with Gasteiger partial charge in [0, 0.05) is 5.92 Å². The molecule has 1 N–H and O–H groups in total. The Hall–Kier alpha value is -0.700. The summed E-state index contributed by atoms with van der Waals surface area (Å²) in [5, 5.41) is 2.83. The molecule has 0 radical (unpaired) electrons. The molecule has 0 aromatic carbocycles. The number of ketones is 1. The Labute approximate surface area is 73.5 Å². The van der Waals surface area contributed by atoms with Crippen LogP contribution >= 0.6 is 0 Å². The maximum Gasteiger partial charge on any atom is 0.137 e. The average molecular weight is 171 g/mol. The molecule has 0 heterocycles. The van der Waals surface area contributed by atoms with Crippen LogP contribution in [-0.2, 0) is 9.59 Å². The molecule has 3 nitrogen and oxygen atoms in total. The van der Waals surface area contributed by atoms with Gasteiger partial charge in [0.25, 0.3) is 0 Å². The van der Waals surface area contributed by atoms with Crippen LogP contribution in [0.2, 0.25) is 0 Å². The lowest BCUT2D eigenvalue weighted by Gasteiger charge is -2.18. The van der Waals surface area contributed by atoms with E-state index >= 15 is 0 Å². The van der Waals surface area contributed by atoms with Crippen molar-refractivity contribution in [3.05, 3.63) is 0 Å². The van der Waals surface area contributed by atoms with Crippen LogP contribution in [0.25, 0.3) is 0 Å². The van der Waals surface area contributed by atoms with Gasteiger partial charge >= 0.3 is 0 Å². The van der Waals surface area contributed by atoms with Gasteiger partial charge < -0.3 is 10.1 Å². The highest BCUT2D eigenvalue weighted by atomic mass is 16.1. The summed E-state index contributed by atoms with van der Waals surface area (Å²) in [6.07, 6.45) is 2.51. The van der Waals surface area contributed by atoms with Crippen molar-refractivity contribution in [1.29, 1.82) is 0 Å². The van der Waals surface area contributed by atoms with Crippen LogP contribution in [0, 0.1) is 5.92 Å². The van der Waals surface area contributed by atoms with Gasteiger partial charge in [0.15, 0.2) is 0 Å². The van der Waals surface area contributed by atoms with Crippen molar-refractivity contribution in [2.75, 3.05) is 7.05 Å². The Bertz CT molecular complexity index is 157. The predicted molar refractivity (Wildman–Crippen MR) is 48.0 cm³/mol. The molecule has 0 bridgehead atoms. The van der Waals surface area contributed by atoms with Gasteiger partial charge in [0.2, 0.25) is 0 Å². The minimum Gasteiger partial charge on any atom is -0.310 e. The van der Waals surface area contributed by atoms with E-state index in [9.17, 15) is 9.59 Å². The fourth-order valence-corrected chi connectivity index (χ4v) is 1.31. The predicted octanol–water partition coefficient (Wildman–Crippen LogP) is 0.779. The first kappa shape index (κ1) is 11.3. The number of carbonyl (C=O) groups is 2. The van der Waals surface area contributed by atoms with Crippen molar-refractivity contribution < 1.29 is 9.59 Å². The fourth-order valence-electron chi connectivity index (χ4n) is 1.31. The molecule has 0 aromatic rings. The van der Waals surface area contributed by atoms with E-state index in [1.165, 1.54) is 6.92 Å². The van der Waals surface area contributed by atoms with Crippen LogP contribution in [0.3, 0.4) is 0 Å². The van der Waals surface area contributed by atoms with E-state index in [4.69, 9.17) is 0 Å². The first-order valence-corrected chi connectivity index (χ1v) is 4.30. The SMILES string of the molecule is CCCC(C(C)=O)C(C=O)NC. The summed E-state index contributed by atoms with van der Waals surface area (Å²) in [4.78, 5) is 21.6. The van der Waals surface area contributed by atoms with Gasteiger partial charge in [-0.2, -0.15) is 0 Å². The van der Waals surface area contributed by atoms with Gasteiger partial charge in [-0.25, -0.2) is 0 Å². The van der Waals surface area contributed by atoms with Crippen LogP contribution in [0.15, 0.2) is 0 Å². The number of aldehydes is 1. The van der Waals surface area contributed by atoms with E-state index in [1.807, 2.05) is 6.92 Å². The quantitative estimate of drug-likeness (QED) is 0.601. The van der Waals surface area contributed by atoms with E-state index < -0.39 is 0 Å². The lowest BCUT2D eigenvalue weighted by atomic mass is 9.92. The first-order chi connectivity index (χ1) is 5.67. The van der Waals surface area contributed by atoms with Crippen molar-refractivity contribution in [2.24, 2.45) is 5.92 Å². The molecule has 3 heteroatoms. The average Bonchev–Trinajstić information content (AvgIpc) is 2.05. The second kappa shape index (κ2) is 5.89. The molecular weight excluding hydrogens is 154 g/mol. The molecule has 0 aliphatic heterocycles. The summed E-state index contributed by atoms with van der Waals surface area (Å²) in [7, 11) is 1.70. The van der Waals surface area contributed by atoms with E-state index in [2.05, 4.69) is 5.32 Å². The molecule has 12 heavy (non-hydrogen) atoms. The summed E-state index contributed by atoms with van der Waals surface area (Å²) >= 11 is 0. The summed E-state index contributed by atoms with van der Waals surface area (Å²) < 4.78 is 0. The van der Waals surface area contributed by atoms with Crippen molar-refractivity contribution in [3.8, 4) is 0 Å². The Kier molecular flexibility index (Phi) is 5.54. The Balaban J connectivity index is 4.24. The lowest BCUT2D eigenvalue weighted by Crippen LogP contribution is -2.38. The second-order valence-corrected chi connectivity index (χ2v) is 2.96. The van der Waals surface area contributed by atoms with Crippen LogP contribution in [-0.4, -0.2) is 25.2 Å². The Morgan fingerprint density at radius 1 is 1.58 bits per heavy atom. The molecule has 2 atom stereocenters. The molecule has 0 spiro atoms. The van der Waals surface area contributed by atoms with E-state index in [0.717, 1.165) is 19.1 Å². The minimum absolute atomic E-state index is 0.0864. The third-order valence-corrected chi connectivity index (χ3v) is 2.04. The van der Waals surface area contributed by atoms with Gasteiger partial charge in [-0.1, -0.05) is 13.3 Å². The summed E-state index contributed by atoms with van der Waals surface area (Å²) in [5.41, 5.74) is 0. The molecule has 0 saturated carbocycles. The van der Waals surface area contributed by atoms with E-state index in [1.54, 1.807) is 7.05 Å². The topological polar surface area (TPSA) is 46.2 Å². The van der Waals surface area contributed by atoms with Crippen molar-refractivity contribution in [1.82, 2.24) is 5.32 Å². The monoisotopic (exact) mass is 171 g/mol. The van der Waals surface area contributed by atoms with Crippen LogP contribution in [0.1, 0.15) is 26.7 Å². The molecule has 2 unspecified atom stereocenters. The standard InChI is InChI=1S/C9H17NO2/c1-4-5-8(7(2)12)9(6-11)10-3/h6,8-10H,4-5H2,1-3H3. The third kappa shape index (κ3) is 3.13. The third-order valence-electron chi connectivity index (χ3n) is 2.04. The highest BCUT2D eigenvalue weighted by Crippen LogP contribution is 2.11. The number of rotatable bonds is 6. The van der Waals surface area contributed by atoms with Gasteiger partial charge in [-0.05, 0) is 20.4 Å². The maximum absolute atomic E-state index is 11.1. The van der Waals surface area contributed by atoms with Gasteiger partial charge in [0.05, 0.1) is 6.04 Å². The zero-order valence-electron chi connectivity index (χ0n) is 7.96. The van der Waals surface area contributed by atoms with Crippen LogP contribution < -0.4 is 5.32 Å². The number of Topliss-reactive ketones (excluding diaryl/α,β-unsaturated/α-hetero) is 1. The maximum atomic E-state index is 11.1. The lowest BCUT2D eigenvalue weighted by molar-refractivity contribution is -0.124. The molecule has 0 rings (SSSR count). The molecule has 0 saturated heterocycles. The van der Waals surface area contributed by atoms with Crippen molar-refractivity contribution in [3.63, 3.8) is 0 Å².